The highest BCUT2D eigenvalue weighted by Crippen LogP contribution is 2.14. The molecule has 0 radical (unpaired) electrons. The highest BCUT2D eigenvalue weighted by Gasteiger charge is 2.37. The Labute approximate surface area is 88.8 Å². The van der Waals surface area contributed by atoms with Gasteiger partial charge >= 0.3 is 0 Å². The molecule has 2 unspecified atom stereocenters. The van der Waals surface area contributed by atoms with Gasteiger partial charge in [-0.05, 0) is 12.8 Å². The maximum absolute atomic E-state index is 11.6. The average molecular weight is 212 g/mol. The predicted molar refractivity (Wildman–Crippen MR) is 53.2 cm³/mol. The van der Waals surface area contributed by atoms with Crippen LogP contribution in [0.5, 0.6) is 0 Å². The molecule has 0 aliphatic carbocycles. The summed E-state index contributed by atoms with van der Waals surface area (Å²) in [4.78, 5) is 24.1. The smallest absolute Gasteiger partial charge is 0.246 e. The molecule has 0 aromatic carbocycles. The second-order valence-corrected chi connectivity index (χ2v) is 4.13. The van der Waals surface area contributed by atoms with Crippen molar-refractivity contribution in [2.24, 2.45) is 0 Å². The molecule has 15 heavy (non-hydrogen) atoms. The lowest BCUT2D eigenvalue weighted by Gasteiger charge is -2.25. The number of hydrogen-bond acceptors (Lipinski definition) is 4. The molecule has 2 aliphatic heterocycles. The summed E-state index contributed by atoms with van der Waals surface area (Å²) in [6.45, 7) is 1.44. The van der Waals surface area contributed by atoms with Gasteiger partial charge in [0.2, 0.25) is 11.8 Å². The summed E-state index contributed by atoms with van der Waals surface area (Å²) >= 11 is 0. The Morgan fingerprint density at radius 2 is 2.27 bits per heavy atom. The number of amides is 2. The van der Waals surface area contributed by atoms with Crippen molar-refractivity contribution in [1.82, 2.24) is 10.2 Å². The number of rotatable bonds is 2. The SMILES string of the molecule is CN1C(=O)CC(NC2CCCOC2)C1=O. The van der Waals surface area contributed by atoms with Gasteiger partial charge in [-0.2, -0.15) is 0 Å². The van der Waals surface area contributed by atoms with Crippen LogP contribution in [0.25, 0.3) is 0 Å². The quantitative estimate of drug-likeness (QED) is 0.628. The molecule has 2 rings (SSSR count). The molecule has 2 fully saturated rings. The topological polar surface area (TPSA) is 58.6 Å². The molecular formula is C10H16N2O3. The van der Waals surface area contributed by atoms with Gasteiger partial charge in [0, 0.05) is 19.7 Å². The number of nitrogens with one attached hydrogen (secondary N) is 1. The molecule has 0 saturated carbocycles. The molecule has 2 aliphatic rings. The van der Waals surface area contributed by atoms with Crippen LogP contribution >= 0.6 is 0 Å². The van der Waals surface area contributed by atoms with E-state index in [2.05, 4.69) is 5.32 Å². The Balaban J connectivity index is 1.89. The van der Waals surface area contributed by atoms with Gasteiger partial charge in [0.15, 0.2) is 0 Å². The highest BCUT2D eigenvalue weighted by atomic mass is 16.5. The van der Waals surface area contributed by atoms with E-state index >= 15 is 0 Å². The summed E-state index contributed by atoms with van der Waals surface area (Å²) in [6, 6.07) is -0.124. The van der Waals surface area contributed by atoms with Gasteiger partial charge in [0.25, 0.3) is 0 Å². The molecule has 0 aromatic rings. The van der Waals surface area contributed by atoms with E-state index in [1.807, 2.05) is 0 Å². The number of likely N-dealkylation sites (tertiary alicyclic amines) is 1. The first-order valence-electron chi connectivity index (χ1n) is 5.32. The molecule has 0 aromatic heterocycles. The van der Waals surface area contributed by atoms with Crippen LogP contribution in [-0.4, -0.2) is 49.1 Å². The van der Waals surface area contributed by atoms with Crippen molar-refractivity contribution in [2.45, 2.75) is 31.3 Å². The summed E-state index contributed by atoms with van der Waals surface area (Å²) in [5, 5.41) is 3.19. The number of likely N-dealkylation sites (N-methyl/N-ethyl adjacent to an activating group) is 1. The fourth-order valence-corrected chi connectivity index (χ4v) is 2.04. The summed E-state index contributed by atoms with van der Waals surface area (Å²) < 4.78 is 5.31. The van der Waals surface area contributed by atoms with Crippen molar-refractivity contribution in [3.63, 3.8) is 0 Å². The normalized spacial score (nSPS) is 32.5. The van der Waals surface area contributed by atoms with E-state index in [0.717, 1.165) is 19.4 Å². The van der Waals surface area contributed by atoms with E-state index in [1.165, 1.54) is 11.9 Å². The van der Waals surface area contributed by atoms with Crippen LogP contribution in [0, 0.1) is 0 Å². The minimum atomic E-state index is -0.339. The lowest BCUT2D eigenvalue weighted by molar-refractivity contribution is -0.137. The highest BCUT2D eigenvalue weighted by molar-refractivity contribution is 6.05. The lowest BCUT2D eigenvalue weighted by Crippen LogP contribution is -2.46. The summed E-state index contributed by atoms with van der Waals surface area (Å²) in [6.07, 6.45) is 2.32. The first kappa shape index (κ1) is 10.6. The molecule has 5 heteroatoms. The first-order valence-corrected chi connectivity index (χ1v) is 5.32. The zero-order valence-electron chi connectivity index (χ0n) is 8.86. The second-order valence-electron chi connectivity index (χ2n) is 4.13. The number of carbonyl (C=O) groups is 2. The van der Waals surface area contributed by atoms with E-state index in [0.29, 0.717) is 6.61 Å². The number of carbonyl (C=O) groups excluding carboxylic acids is 2. The van der Waals surface area contributed by atoms with Crippen molar-refractivity contribution < 1.29 is 14.3 Å². The van der Waals surface area contributed by atoms with Crippen molar-refractivity contribution >= 4 is 11.8 Å². The van der Waals surface area contributed by atoms with Crippen molar-refractivity contribution in [2.75, 3.05) is 20.3 Å². The van der Waals surface area contributed by atoms with Crippen LogP contribution in [-0.2, 0) is 14.3 Å². The number of ether oxygens (including phenoxy) is 1. The van der Waals surface area contributed by atoms with Crippen LogP contribution in [0.4, 0.5) is 0 Å². The largest absolute Gasteiger partial charge is 0.380 e. The fraction of sp³-hybridized carbons (Fsp3) is 0.800. The maximum Gasteiger partial charge on any atom is 0.246 e. The zero-order chi connectivity index (χ0) is 10.8. The third-order valence-corrected chi connectivity index (χ3v) is 2.98. The second kappa shape index (κ2) is 4.28. The molecule has 0 spiro atoms. The predicted octanol–water partition coefficient (Wildman–Crippen LogP) is -0.488. The Kier molecular flexibility index (Phi) is 3.02. The van der Waals surface area contributed by atoms with Gasteiger partial charge in [-0.25, -0.2) is 0 Å². The molecular weight excluding hydrogens is 196 g/mol. The van der Waals surface area contributed by atoms with E-state index in [4.69, 9.17) is 4.74 Å². The number of hydrogen-bond donors (Lipinski definition) is 1. The Morgan fingerprint density at radius 1 is 1.47 bits per heavy atom. The van der Waals surface area contributed by atoms with Crippen LogP contribution in [0.3, 0.4) is 0 Å². The van der Waals surface area contributed by atoms with Gasteiger partial charge in [-0.15, -0.1) is 0 Å². The molecule has 2 atom stereocenters. The minimum Gasteiger partial charge on any atom is -0.380 e. The number of imide groups is 1. The van der Waals surface area contributed by atoms with Crippen LogP contribution in [0.2, 0.25) is 0 Å². The molecule has 2 amide bonds. The van der Waals surface area contributed by atoms with E-state index in [9.17, 15) is 9.59 Å². The Hall–Kier alpha value is -0.940. The third kappa shape index (κ3) is 2.18. The Bertz CT molecular complexity index is 274. The van der Waals surface area contributed by atoms with Gasteiger partial charge < -0.3 is 10.1 Å². The van der Waals surface area contributed by atoms with E-state index < -0.39 is 0 Å². The van der Waals surface area contributed by atoms with E-state index in [1.54, 1.807) is 0 Å². The van der Waals surface area contributed by atoms with Crippen LogP contribution in [0.15, 0.2) is 0 Å². The van der Waals surface area contributed by atoms with Gasteiger partial charge in [-0.1, -0.05) is 0 Å². The van der Waals surface area contributed by atoms with Crippen LogP contribution in [0.1, 0.15) is 19.3 Å². The van der Waals surface area contributed by atoms with Crippen molar-refractivity contribution in [3.8, 4) is 0 Å². The summed E-state index contributed by atoms with van der Waals surface area (Å²) in [7, 11) is 1.53. The number of nitrogens with zero attached hydrogens (tertiary/aromatic N) is 1. The molecule has 5 nitrogen and oxygen atoms in total. The fourth-order valence-electron chi connectivity index (χ4n) is 2.04. The first-order chi connectivity index (χ1) is 7.18. The Morgan fingerprint density at radius 3 is 2.80 bits per heavy atom. The lowest BCUT2D eigenvalue weighted by atomic mass is 10.1. The third-order valence-electron chi connectivity index (χ3n) is 2.98. The molecule has 2 saturated heterocycles. The summed E-state index contributed by atoms with van der Waals surface area (Å²) in [5.74, 6) is -0.222. The van der Waals surface area contributed by atoms with E-state index in [-0.39, 0.29) is 30.3 Å². The van der Waals surface area contributed by atoms with Gasteiger partial charge in [-0.3, -0.25) is 14.5 Å². The van der Waals surface area contributed by atoms with Gasteiger partial charge in [0.1, 0.15) is 0 Å². The standard InChI is InChI=1S/C10H16N2O3/c1-12-9(13)5-8(10(12)14)11-7-3-2-4-15-6-7/h7-8,11H,2-6H2,1H3. The monoisotopic (exact) mass is 212 g/mol. The van der Waals surface area contributed by atoms with Crippen molar-refractivity contribution in [1.29, 1.82) is 0 Å². The maximum atomic E-state index is 11.6. The minimum absolute atomic E-state index is 0.103. The van der Waals surface area contributed by atoms with Crippen molar-refractivity contribution in [3.05, 3.63) is 0 Å². The molecule has 1 N–H and O–H groups in total. The van der Waals surface area contributed by atoms with Gasteiger partial charge in [0.05, 0.1) is 19.1 Å². The van der Waals surface area contributed by atoms with Crippen LogP contribution < -0.4 is 5.32 Å². The summed E-state index contributed by atoms with van der Waals surface area (Å²) in [5.41, 5.74) is 0. The zero-order valence-corrected chi connectivity index (χ0v) is 8.86. The molecule has 84 valence electrons. The molecule has 2 heterocycles. The average Bonchev–Trinajstić information content (AvgIpc) is 2.48. The molecule has 0 bridgehead atoms.